The van der Waals surface area contributed by atoms with Crippen molar-refractivity contribution in [3.8, 4) is 11.1 Å². The predicted octanol–water partition coefficient (Wildman–Crippen LogP) is 3.31. The summed E-state index contributed by atoms with van der Waals surface area (Å²) in [4.78, 5) is 38.9. The Kier molecular flexibility index (Phi) is 3.47. The lowest BCUT2D eigenvalue weighted by Crippen LogP contribution is -2.44. The number of nitrogens with zero attached hydrogens (tertiary/aromatic N) is 1. The van der Waals surface area contributed by atoms with E-state index in [-0.39, 0.29) is 18.2 Å². The number of carbonyl (C=O) groups is 3. The number of carbonyl (C=O) groups excluding carboxylic acids is 3. The Morgan fingerprint density at radius 1 is 1.00 bits per heavy atom. The van der Waals surface area contributed by atoms with Crippen LogP contribution < -0.4 is 5.32 Å². The summed E-state index contributed by atoms with van der Waals surface area (Å²) in [5, 5.41) is 2.82. The van der Waals surface area contributed by atoms with Crippen molar-refractivity contribution in [1.82, 2.24) is 10.2 Å². The Balaban J connectivity index is 1.37. The van der Waals surface area contributed by atoms with E-state index in [9.17, 15) is 14.4 Å². The smallest absolute Gasteiger partial charge is 0.323 e. The van der Waals surface area contributed by atoms with E-state index < -0.39 is 11.6 Å². The van der Waals surface area contributed by atoms with E-state index in [4.69, 9.17) is 0 Å². The van der Waals surface area contributed by atoms with Crippen molar-refractivity contribution in [1.29, 1.82) is 0 Å². The number of imide groups is 1. The summed E-state index contributed by atoms with van der Waals surface area (Å²) in [6, 6.07) is 13.5. The van der Waals surface area contributed by atoms with E-state index in [1.165, 1.54) is 11.1 Å². The van der Waals surface area contributed by atoms with Crippen LogP contribution in [0.1, 0.15) is 47.2 Å². The van der Waals surface area contributed by atoms with Gasteiger partial charge in [0, 0.05) is 5.56 Å². The molecule has 0 atom stereocenters. The molecule has 5 nitrogen and oxygen atoms in total. The molecule has 0 bridgehead atoms. The summed E-state index contributed by atoms with van der Waals surface area (Å²) in [6.45, 7) is -0.196. The molecule has 136 valence electrons. The molecule has 0 radical (unpaired) electrons. The molecule has 1 aliphatic heterocycles. The predicted molar refractivity (Wildman–Crippen MR) is 100 cm³/mol. The molecule has 0 aromatic heterocycles. The van der Waals surface area contributed by atoms with Gasteiger partial charge in [-0.1, -0.05) is 49.2 Å². The van der Waals surface area contributed by atoms with Gasteiger partial charge in [-0.3, -0.25) is 14.5 Å². The molecule has 2 fully saturated rings. The maximum Gasteiger partial charge on any atom is 0.325 e. The van der Waals surface area contributed by atoms with Crippen LogP contribution in [0.4, 0.5) is 4.79 Å². The van der Waals surface area contributed by atoms with Crippen molar-refractivity contribution >= 4 is 17.7 Å². The van der Waals surface area contributed by atoms with Crippen LogP contribution in [0.2, 0.25) is 0 Å². The third-order valence-corrected chi connectivity index (χ3v) is 6.12. The lowest BCUT2D eigenvalue weighted by molar-refractivity contribution is -0.130. The number of nitrogens with one attached hydrogen (secondary N) is 1. The lowest BCUT2D eigenvalue weighted by Gasteiger charge is -2.19. The van der Waals surface area contributed by atoms with Gasteiger partial charge >= 0.3 is 6.03 Å². The fraction of sp³-hybridized carbons (Fsp3) is 0.318. The van der Waals surface area contributed by atoms with Crippen molar-refractivity contribution in [2.24, 2.45) is 0 Å². The Morgan fingerprint density at radius 2 is 1.74 bits per heavy atom. The fourth-order valence-corrected chi connectivity index (χ4v) is 4.69. The van der Waals surface area contributed by atoms with Crippen molar-refractivity contribution < 1.29 is 14.4 Å². The number of Topliss-reactive ketones (excluding diaryl/α,β-unsaturated/α-hetero) is 1. The minimum atomic E-state index is -0.767. The summed E-state index contributed by atoms with van der Waals surface area (Å²) in [6.07, 6.45) is 4.00. The summed E-state index contributed by atoms with van der Waals surface area (Å²) < 4.78 is 0. The summed E-state index contributed by atoms with van der Waals surface area (Å²) in [7, 11) is 0. The highest BCUT2D eigenvalue weighted by atomic mass is 16.2. The van der Waals surface area contributed by atoms with Gasteiger partial charge in [0.2, 0.25) is 0 Å². The first kappa shape index (κ1) is 16.2. The highest BCUT2D eigenvalue weighted by Gasteiger charge is 2.52. The average Bonchev–Trinajstić information content (AvgIpc) is 3.34. The Labute approximate surface area is 157 Å². The monoisotopic (exact) mass is 360 g/mol. The van der Waals surface area contributed by atoms with Gasteiger partial charge in [-0.2, -0.15) is 0 Å². The van der Waals surface area contributed by atoms with Crippen molar-refractivity contribution in [2.45, 2.75) is 37.6 Å². The summed E-state index contributed by atoms with van der Waals surface area (Å²) in [5.41, 5.74) is 4.53. The zero-order chi connectivity index (χ0) is 18.6. The Morgan fingerprint density at radius 3 is 2.56 bits per heavy atom. The molecule has 1 spiro atoms. The van der Waals surface area contributed by atoms with E-state index in [0.29, 0.717) is 18.4 Å². The van der Waals surface area contributed by atoms with Gasteiger partial charge in [0.05, 0.1) is 6.54 Å². The van der Waals surface area contributed by atoms with Gasteiger partial charge in [-0.05, 0) is 47.6 Å². The van der Waals surface area contributed by atoms with E-state index in [2.05, 4.69) is 17.4 Å². The van der Waals surface area contributed by atoms with Crippen LogP contribution in [0.25, 0.3) is 11.1 Å². The quantitative estimate of drug-likeness (QED) is 0.576. The SMILES string of the molecule is O=C(CN1C(=O)NC2(CCCC2)C1=O)c1ccc2c(c1)Cc1ccccc1-2. The minimum absolute atomic E-state index is 0.196. The van der Waals surface area contributed by atoms with Crippen LogP contribution >= 0.6 is 0 Å². The molecule has 2 aromatic rings. The van der Waals surface area contributed by atoms with Gasteiger partial charge < -0.3 is 5.32 Å². The topological polar surface area (TPSA) is 66.5 Å². The first-order chi connectivity index (χ1) is 13.1. The molecule has 2 aromatic carbocycles. The van der Waals surface area contributed by atoms with Crippen LogP contribution in [-0.2, 0) is 11.2 Å². The van der Waals surface area contributed by atoms with Crippen molar-refractivity contribution in [3.05, 3.63) is 59.2 Å². The second kappa shape index (κ2) is 5.78. The molecule has 1 N–H and O–H groups in total. The number of hydrogen-bond donors (Lipinski definition) is 1. The molecule has 0 unspecified atom stereocenters. The number of rotatable bonds is 3. The van der Waals surface area contributed by atoms with Gasteiger partial charge in [-0.25, -0.2) is 4.79 Å². The average molecular weight is 360 g/mol. The number of hydrogen-bond acceptors (Lipinski definition) is 3. The van der Waals surface area contributed by atoms with E-state index >= 15 is 0 Å². The standard InChI is InChI=1S/C22H20N2O3/c25-19(13-24-20(26)22(23-21(24)27)9-3-4-10-22)15-7-8-18-16(12-15)11-14-5-1-2-6-17(14)18/h1-2,5-8,12H,3-4,9-11,13H2,(H,23,27). The Hall–Kier alpha value is -2.95. The minimum Gasteiger partial charge on any atom is -0.323 e. The van der Waals surface area contributed by atoms with Gasteiger partial charge in [0.1, 0.15) is 5.54 Å². The second-order valence-corrected chi connectivity index (χ2v) is 7.74. The third-order valence-electron chi connectivity index (χ3n) is 6.12. The fourth-order valence-electron chi connectivity index (χ4n) is 4.69. The molecule has 3 aliphatic rings. The molecule has 2 aliphatic carbocycles. The second-order valence-electron chi connectivity index (χ2n) is 7.74. The number of benzene rings is 2. The Bertz CT molecular complexity index is 989. The molecule has 5 heteroatoms. The first-order valence-electron chi connectivity index (χ1n) is 9.46. The van der Waals surface area contributed by atoms with Crippen molar-refractivity contribution in [2.75, 3.05) is 6.54 Å². The van der Waals surface area contributed by atoms with Crippen LogP contribution in [-0.4, -0.2) is 34.7 Å². The van der Waals surface area contributed by atoms with Crippen LogP contribution in [0.15, 0.2) is 42.5 Å². The van der Waals surface area contributed by atoms with Gasteiger partial charge in [-0.15, -0.1) is 0 Å². The van der Waals surface area contributed by atoms with E-state index in [0.717, 1.165) is 35.3 Å². The molecule has 1 heterocycles. The maximum absolute atomic E-state index is 12.8. The lowest BCUT2D eigenvalue weighted by atomic mass is 9.97. The molecule has 1 saturated carbocycles. The zero-order valence-electron chi connectivity index (χ0n) is 15.0. The van der Waals surface area contributed by atoms with Crippen LogP contribution in [0.5, 0.6) is 0 Å². The van der Waals surface area contributed by atoms with Crippen molar-refractivity contribution in [3.63, 3.8) is 0 Å². The summed E-state index contributed by atoms with van der Waals surface area (Å²) in [5.74, 6) is -0.445. The highest BCUT2D eigenvalue weighted by molar-refractivity contribution is 6.11. The van der Waals surface area contributed by atoms with Crippen LogP contribution in [0, 0.1) is 0 Å². The molecule has 3 amide bonds. The number of ketones is 1. The third kappa shape index (κ3) is 2.41. The van der Waals surface area contributed by atoms with E-state index in [1.807, 2.05) is 24.3 Å². The molecular formula is C22H20N2O3. The number of amides is 3. The van der Waals surface area contributed by atoms with Gasteiger partial charge in [0.25, 0.3) is 5.91 Å². The normalized spacial score (nSPS) is 19.3. The number of fused-ring (bicyclic) bond motifs is 3. The first-order valence-corrected chi connectivity index (χ1v) is 9.46. The van der Waals surface area contributed by atoms with Gasteiger partial charge in [0.15, 0.2) is 5.78 Å². The van der Waals surface area contributed by atoms with E-state index in [1.54, 1.807) is 6.07 Å². The summed E-state index contributed by atoms with van der Waals surface area (Å²) >= 11 is 0. The number of urea groups is 1. The molecule has 27 heavy (non-hydrogen) atoms. The highest BCUT2D eigenvalue weighted by Crippen LogP contribution is 2.37. The zero-order valence-corrected chi connectivity index (χ0v) is 15.0. The molecular weight excluding hydrogens is 340 g/mol. The largest absolute Gasteiger partial charge is 0.325 e. The molecule has 1 saturated heterocycles. The molecule has 5 rings (SSSR count). The van der Waals surface area contributed by atoms with Crippen LogP contribution in [0.3, 0.4) is 0 Å². The maximum atomic E-state index is 12.8.